The highest BCUT2D eigenvalue weighted by molar-refractivity contribution is 5.61. The highest BCUT2D eigenvalue weighted by atomic mass is 16.5. The molecule has 0 atom stereocenters. The average molecular weight is 350 g/mol. The average Bonchev–Trinajstić information content (AvgIpc) is 3.35. The molecule has 5 rings (SSSR count). The van der Waals surface area contributed by atoms with Crippen LogP contribution in [-0.4, -0.2) is 52.9 Å². The summed E-state index contributed by atoms with van der Waals surface area (Å²) in [6.07, 6.45) is 4.91. The molecule has 0 saturated carbocycles. The molecule has 0 bridgehead atoms. The van der Waals surface area contributed by atoms with Crippen molar-refractivity contribution in [3.63, 3.8) is 0 Å². The third kappa shape index (κ3) is 2.38. The number of aromatic nitrogens is 4. The number of anilines is 2. The standard InChI is InChI=1S/C19H22N6O/c1-26-17-8-3-2-7-16(17)23-9-11-24(12-10-23)18-14-5-4-6-15(14)22-19-20-13-21-25(18)19/h2-3,7-8,13H,4-6,9-12H2,1H3. The van der Waals surface area contributed by atoms with Crippen LogP contribution in [0.25, 0.3) is 5.78 Å². The summed E-state index contributed by atoms with van der Waals surface area (Å²) in [5.41, 5.74) is 3.72. The number of rotatable bonds is 3. The molecule has 0 amide bonds. The third-order valence-corrected chi connectivity index (χ3v) is 5.43. The van der Waals surface area contributed by atoms with E-state index in [0.717, 1.165) is 44.8 Å². The summed E-state index contributed by atoms with van der Waals surface area (Å²) in [6, 6.07) is 8.24. The van der Waals surface area contributed by atoms with Crippen molar-refractivity contribution in [3.8, 4) is 5.75 Å². The van der Waals surface area contributed by atoms with Crippen LogP contribution in [0.3, 0.4) is 0 Å². The van der Waals surface area contributed by atoms with Gasteiger partial charge in [-0.3, -0.25) is 0 Å². The quantitative estimate of drug-likeness (QED) is 0.720. The first-order chi connectivity index (χ1) is 12.8. The topological polar surface area (TPSA) is 58.8 Å². The number of para-hydroxylation sites is 2. The molecule has 7 heteroatoms. The van der Waals surface area contributed by atoms with E-state index in [0.29, 0.717) is 5.78 Å². The largest absolute Gasteiger partial charge is 0.495 e. The van der Waals surface area contributed by atoms with Gasteiger partial charge in [-0.15, -0.1) is 0 Å². The Labute approximate surface area is 152 Å². The summed E-state index contributed by atoms with van der Waals surface area (Å²) >= 11 is 0. The summed E-state index contributed by atoms with van der Waals surface area (Å²) in [5.74, 6) is 2.84. The number of piperazine rings is 1. The minimum atomic E-state index is 0.716. The van der Waals surface area contributed by atoms with Crippen LogP contribution in [0.4, 0.5) is 11.5 Å². The number of benzene rings is 1. The second-order valence-corrected chi connectivity index (χ2v) is 6.83. The van der Waals surface area contributed by atoms with Crippen molar-refractivity contribution in [3.05, 3.63) is 41.9 Å². The van der Waals surface area contributed by atoms with E-state index in [-0.39, 0.29) is 0 Å². The fourth-order valence-corrected chi connectivity index (χ4v) is 4.18. The second kappa shape index (κ2) is 6.16. The van der Waals surface area contributed by atoms with Gasteiger partial charge in [0.1, 0.15) is 17.9 Å². The van der Waals surface area contributed by atoms with Gasteiger partial charge in [0.2, 0.25) is 0 Å². The smallest absolute Gasteiger partial charge is 0.254 e. The van der Waals surface area contributed by atoms with Gasteiger partial charge in [0.15, 0.2) is 0 Å². The van der Waals surface area contributed by atoms with Crippen LogP contribution in [0.5, 0.6) is 5.75 Å². The Bertz CT molecular complexity index is 944. The molecule has 0 radical (unpaired) electrons. The summed E-state index contributed by atoms with van der Waals surface area (Å²) in [5, 5.41) is 4.44. The van der Waals surface area contributed by atoms with Gasteiger partial charge in [0.25, 0.3) is 5.78 Å². The molecule has 0 unspecified atom stereocenters. The number of nitrogens with zero attached hydrogens (tertiary/aromatic N) is 6. The molecule has 1 saturated heterocycles. The Balaban J connectivity index is 1.44. The first-order valence-electron chi connectivity index (χ1n) is 9.19. The van der Waals surface area contributed by atoms with Gasteiger partial charge in [0.05, 0.1) is 18.5 Å². The van der Waals surface area contributed by atoms with Crippen LogP contribution in [0.1, 0.15) is 17.7 Å². The van der Waals surface area contributed by atoms with Gasteiger partial charge in [-0.25, -0.2) is 4.98 Å². The van der Waals surface area contributed by atoms with Crippen molar-refractivity contribution in [1.29, 1.82) is 0 Å². The van der Waals surface area contributed by atoms with Gasteiger partial charge in [-0.2, -0.15) is 14.6 Å². The molecule has 7 nitrogen and oxygen atoms in total. The van der Waals surface area contributed by atoms with E-state index in [1.54, 1.807) is 13.4 Å². The van der Waals surface area contributed by atoms with Crippen LogP contribution in [0.15, 0.2) is 30.6 Å². The first-order valence-corrected chi connectivity index (χ1v) is 9.19. The zero-order valence-electron chi connectivity index (χ0n) is 14.9. The van der Waals surface area contributed by atoms with E-state index in [9.17, 15) is 0 Å². The predicted octanol–water partition coefficient (Wildman–Crippen LogP) is 1.95. The Morgan fingerprint density at radius 2 is 1.81 bits per heavy atom. The molecular formula is C19H22N6O. The monoisotopic (exact) mass is 350 g/mol. The van der Waals surface area contributed by atoms with Crippen LogP contribution in [0.2, 0.25) is 0 Å². The molecular weight excluding hydrogens is 328 g/mol. The van der Waals surface area contributed by atoms with E-state index in [1.807, 2.05) is 16.6 Å². The van der Waals surface area contributed by atoms with Gasteiger partial charge >= 0.3 is 0 Å². The SMILES string of the molecule is COc1ccccc1N1CCN(c2c3c(nc4ncnn24)CCC3)CC1. The lowest BCUT2D eigenvalue weighted by Gasteiger charge is -2.38. The predicted molar refractivity (Wildman–Crippen MR) is 100 cm³/mol. The molecule has 2 aromatic heterocycles. The molecule has 0 N–H and O–H groups in total. The Hall–Kier alpha value is -2.83. The lowest BCUT2D eigenvalue weighted by molar-refractivity contribution is 0.413. The number of methoxy groups -OCH3 is 1. The van der Waals surface area contributed by atoms with Crippen molar-refractivity contribution in [1.82, 2.24) is 19.6 Å². The number of fused-ring (bicyclic) bond motifs is 2. The number of hydrogen-bond donors (Lipinski definition) is 0. The van der Waals surface area contributed by atoms with Crippen LogP contribution >= 0.6 is 0 Å². The Morgan fingerprint density at radius 3 is 2.65 bits per heavy atom. The molecule has 2 aliphatic rings. The lowest BCUT2D eigenvalue weighted by atomic mass is 10.2. The van der Waals surface area contributed by atoms with E-state index in [1.165, 1.54) is 29.2 Å². The maximum atomic E-state index is 5.53. The van der Waals surface area contributed by atoms with Gasteiger partial charge < -0.3 is 14.5 Å². The van der Waals surface area contributed by atoms with E-state index in [4.69, 9.17) is 9.72 Å². The maximum absolute atomic E-state index is 5.53. The van der Waals surface area contributed by atoms with E-state index in [2.05, 4.69) is 32.0 Å². The number of aryl methyl sites for hydroxylation is 1. The zero-order chi connectivity index (χ0) is 17.5. The molecule has 1 aromatic carbocycles. The van der Waals surface area contributed by atoms with E-state index >= 15 is 0 Å². The van der Waals surface area contributed by atoms with Gasteiger partial charge in [0, 0.05) is 31.7 Å². The van der Waals surface area contributed by atoms with Gasteiger partial charge in [-0.1, -0.05) is 12.1 Å². The maximum Gasteiger partial charge on any atom is 0.254 e. The molecule has 26 heavy (non-hydrogen) atoms. The van der Waals surface area contributed by atoms with Gasteiger partial charge in [-0.05, 0) is 31.4 Å². The van der Waals surface area contributed by atoms with Crippen LogP contribution in [0, 0.1) is 0 Å². The Kier molecular flexibility index (Phi) is 3.65. The summed E-state index contributed by atoms with van der Waals surface area (Å²) in [4.78, 5) is 13.9. The van der Waals surface area contributed by atoms with Crippen molar-refractivity contribution < 1.29 is 4.74 Å². The molecule has 1 fully saturated rings. The first kappa shape index (κ1) is 15.4. The normalized spacial score (nSPS) is 17.0. The van der Waals surface area contributed by atoms with E-state index < -0.39 is 0 Å². The number of hydrogen-bond acceptors (Lipinski definition) is 6. The zero-order valence-corrected chi connectivity index (χ0v) is 14.9. The summed E-state index contributed by atoms with van der Waals surface area (Å²) in [7, 11) is 1.73. The van der Waals surface area contributed by atoms with Crippen molar-refractivity contribution in [2.75, 3.05) is 43.1 Å². The molecule has 1 aliphatic heterocycles. The van der Waals surface area contributed by atoms with Crippen molar-refractivity contribution >= 4 is 17.3 Å². The van der Waals surface area contributed by atoms with Crippen LogP contribution < -0.4 is 14.5 Å². The fraction of sp³-hybridized carbons (Fsp3) is 0.421. The highest BCUT2D eigenvalue weighted by Gasteiger charge is 2.27. The van der Waals surface area contributed by atoms with Crippen molar-refractivity contribution in [2.24, 2.45) is 0 Å². The Morgan fingerprint density at radius 1 is 1.00 bits per heavy atom. The second-order valence-electron chi connectivity index (χ2n) is 6.83. The molecule has 134 valence electrons. The fourth-order valence-electron chi connectivity index (χ4n) is 4.18. The minimum absolute atomic E-state index is 0.716. The number of ether oxygens (including phenoxy) is 1. The minimum Gasteiger partial charge on any atom is -0.495 e. The third-order valence-electron chi connectivity index (χ3n) is 5.43. The summed E-state index contributed by atoms with van der Waals surface area (Å²) in [6.45, 7) is 3.80. The molecule has 1 aliphatic carbocycles. The molecule has 0 spiro atoms. The molecule has 3 heterocycles. The van der Waals surface area contributed by atoms with Crippen molar-refractivity contribution in [2.45, 2.75) is 19.3 Å². The summed E-state index contributed by atoms with van der Waals surface area (Å²) < 4.78 is 7.45. The lowest BCUT2D eigenvalue weighted by Crippen LogP contribution is -2.47. The van der Waals surface area contributed by atoms with Crippen LogP contribution in [-0.2, 0) is 12.8 Å². The highest BCUT2D eigenvalue weighted by Crippen LogP contribution is 2.33. The molecule has 3 aromatic rings.